The van der Waals surface area contributed by atoms with E-state index in [1.54, 1.807) is 11.8 Å². The third kappa shape index (κ3) is 6.60. The summed E-state index contributed by atoms with van der Waals surface area (Å²) in [6.45, 7) is 1.92. The number of nitrogens with one attached hydrogen (secondary N) is 2. The lowest BCUT2D eigenvalue weighted by Crippen LogP contribution is -2.31. The van der Waals surface area contributed by atoms with E-state index in [0.717, 1.165) is 30.1 Å². The van der Waals surface area contributed by atoms with Crippen molar-refractivity contribution in [3.63, 3.8) is 0 Å². The Balaban J connectivity index is 1.91. The lowest BCUT2D eigenvalue weighted by atomic mass is 10.3. The van der Waals surface area contributed by atoms with Crippen LogP contribution in [-0.2, 0) is 0 Å². The second kappa shape index (κ2) is 9.55. The molecule has 23 heavy (non-hydrogen) atoms. The first kappa shape index (κ1) is 17.8. The molecule has 0 amide bonds. The van der Waals surface area contributed by atoms with E-state index in [-0.39, 0.29) is 0 Å². The summed E-state index contributed by atoms with van der Waals surface area (Å²) in [5.74, 6) is 0. The summed E-state index contributed by atoms with van der Waals surface area (Å²) in [5, 5.41) is 7.24. The van der Waals surface area contributed by atoms with Gasteiger partial charge in [-0.2, -0.15) is 0 Å². The van der Waals surface area contributed by atoms with Crippen LogP contribution in [0.25, 0.3) is 0 Å². The topological polar surface area (TPSA) is 27.3 Å². The molecular weight excluding hydrogens is 322 g/mol. The molecule has 0 aromatic heterocycles. The molecule has 2 rings (SSSR count). The van der Waals surface area contributed by atoms with Gasteiger partial charge in [0, 0.05) is 16.3 Å². The molecule has 2 N–H and O–H groups in total. The van der Waals surface area contributed by atoms with Gasteiger partial charge in [0.25, 0.3) is 0 Å². The van der Waals surface area contributed by atoms with Gasteiger partial charge >= 0.3 is 0 Å². The Morgan fingerprint density at radius 1 is 1.04 bits per heavy atom. The molecule has 0 saturated carbocycles. The minimum Gasteiger partial charge on any atom is -0.362 e. The monoisotopic (exact) mass is 345 g/mol. The number of rotatable bonds is 7. The van der Waals surface area contributed by atoms with Crippen molar-refractivity contribution in [2.24, 2.45) is 0 Å². The molecule has 0 saturated heterocycles. The van der Waals surface area contributed by atoms with E-state index < -0.39 is 0 Å². The van der Waals surface area contributed by atoms with Crippen LogP contribution in [0, 0.1) is 0 Å². The van der Waals surface area contributed by atoms with E-state index in [9.17, 15) is 0 Å². The van der Waals surface area contributed by atoms with Crippen LogP contribution < -0.4 is 10.6 Å². The number of para-hydroxylation sites is 1. The SMILES string of the molecule is CN(C)CCCNC(=S)Nc1ccccc1Sc1ccccc1. The molecule has 0 spiro atoms. The number of thiocarbonyl (C=S) groups is 1. The third-order valence-corrected chi connectivity index (χ3v) is 4.50. The van der Waals surface area contributed by atoms with Crippen molar-refractivity contribution in [3.05, 3.63) is 54.6 Å². The molecule has 2 aromatic carbocycles. The summed E-state index contributed by atoms with van der Waals surface area (Å²) >= 11 is 7.13. The zero-order chi connectivity index (χ0) is 16.5. The van der Waals surface area contributed by atoms with Crippen LogP contribution in [0.3, 0.4) is 0 Å². The van der Waals surface area contributed by atoms with Crippen LogP contribution in [0.5, 0.6) is 0 Å². The van der Waals surface area contributed by atoms with Crippen molar-refractivity contribution in [2.45, 2.75) is 16.2 Å². The van der Waals surface area contributed by atoms with E-state index in [1.165, 1.54) is 4.90 Å². The van der Waals surface area contributed by atoms with Gasteiger partial charge in [-0.15, -0.1) is 0 Å². The van der Waals surface area contributed by atoms with E-state index in [4.69, 9.17) is 12.2 Å². The molecule has 0 unspecified atom stereocenters. The second-order valence-electron chi connectivity index (χ2n) is 5.45. The van der Waals surface area contributed by atoms with Gasteiger partial charge in [-0.3, -0.25) is 0 Å². The molecular formula is C18H23N3S2. The molecule has 3 nitrogen and oxygen atoms in total. The van der Waals surface area contributed by atoms with Crippen molar-refractivity contribution in [1.29, 1.82) is 0 Å². The molecule has 2 aromatic rings. The lowest BCUT2D eigenvalue weighted by Gasteiger charge is -2.14. The average Bonchev–Trinajstić information content (AvgIpc) is 2.54. The highest BCUT2D eigenvalue weighted by atomic mass is 32.2. The van der Waals surface area contributed by atoms with Crippen LogP contribution >= 0.6 is 24.0 Å². The molecule has 0 aliphatic heterocycles. The van der Waals surface area contributed by atoms with Crippen LogP contribution in [-0.4, -0.2) is 37.2 Å². The molecule has 0 bridgehead atoms. The number of hydrogen-bond acceptors (Lipinski definition) is 3. The van der Waals surface area contributed by atoms with E-state index in [2.05, 4.69) is 66.0 Å². The van der Waals surface area contributed by atoms with Gasteiger partial charge in [0.1, 0.15) is 0 Å². The van der Waals surface area contributed by atoms with Crippen LogP contribution in [0.4, 0.5) is 5.69 Å². The smallest absolute Gasteiger partial charge is 0.170 e. The highest BCUT2D eigenvalue weighted by Gasteiger charge is 2.05. The van der Waals surface area contributed by atoms with Gasteiger partial charge in [0.2, 0.25) is 0 Å². The Bertz CT molecular complexity index is 615. The Kier molecular flexibility index (Phi) is 7.39. The zero-order valence-corrected chi connectivity index (χ0v) is 15.2. The quantitative estimate of drug-likeness (QED) is 0.583. The average molecular weight is 346 g/mol. The van der Waals surface area contributed by atoms with Crippen molar-refractivity contribution < 1.29 is 0 Å². The maximum atomic E-state index is 5.39. The largest absolute Gasteiger partial charge is 0.362 e. The summed E-state index contributed by atoms with van der Waals surface area (Å²) in [5.41, 5.74) is 1.03. The Labute approximate surface area is 148 Å². The summed E-state index contributed by atoms with van der Waals surface area (Å²) in [6, 6.07) is 18.6. The van der Waals surface area contributed by atoms with Gasteiger partial charge in [-0.25, -0.2) is 0 Å². The number of anilines is 1. The minimum atomic E-state index is 0.671. The molecule has 0 atom stereocenters. The predicted octanol–water partition coefficient (Wildman–Crippen LogP) is 4.08. The summed E-state index contributed by atoms with van der Waals surface area (Å²) in [4.78, 5) is 4.55. The summed E-state index contributed by atoms with van der Waals surface area (Å²) in [7, 11) is 4.15. The highest BCUT2D eigenvalue weighted by Crippen LogP contribution is 2.33. The fourth-order valence-corrected chi connectivity index (χ4v) is 3.17. The van der Waals surface area contributed by atoms with Crippen molar-refractivity contribution in [1.82, 2.24) is 10.2 Å². The van der Waals surface area contributed by atoms with E-state index in [1.807, 2.05) is 18.2 Å². The first-order valence-corrected chi connectivity index (χ1v) is 8.89. The number of nitrogens with zero attached hydrogens (tertiary/aromatic N) is 1. The fraction of sp³-hybridized carbons (Fsp3) is 0.278. The zero-order valence-electron chi connectivity index (χ0n) is 13.6. The predicted molar refractivity (Wildman–Crippen MR) is 104 cm³/mol. The standard InChI is InChI=1S/C18H23N3S2/c1-21(2)14-8-13-19-18(22)20-16-11-6-7-12-17(16)23-15-9-4-3-5-10-15/h3-7,9-12H,8,13-14H2,1-2H3,(H2,19,20,22). The molecule has 5 heteroatoms. The molecule has 0 heterocycles. The Morgan fingerprint density at radius 3 is 2.48 bits per heavy atom. The lowest BCUT2D eigenvalue weighted by molar-refractivity contribution is 0.400. The molecule has 0 aliphatic carbocycles. The first-order valence-electron chi connectivity index (χ1n) is 7.66. The molecule has 0 fully saturated rings. The molecule has 0 radical (unpaired) electrons. The van der Waals surface area contributed by atoms with Crippen LogP contribution in [0.15, 0.2) is 64.4 Å². The highest BCUT2D eigenvalue weighted by molar-refractivity contribution is 7.99. The van der Waals surface area contributed by atoms with E-state index in [0.29, 0.717) is 5.11 Å². The van der Waals surface area contributed by atoms with Crippen molar-refractivity contribution in [2.75, 3.05) is 32.5 Å². The maximum Gasteiger partial charge on any atom is 0.170 e. The van der Waals surface area contributed by atoms with Gasteiger partial charge < -0.3 is 15.5 Å². The Morgan fingerprint density at radius 2 is 1.74 bits per heavy atom. The third-order valence-electron chi connectivity index (χ3n) is 3.17. The first-order chi connectivity index (χ1) is 11.1. The number of hydrogen-bond donors (Lipinski definition) is 2. The van der Waals surface area contributed by atoms with Gasteiger partial charge in [0.05, 0.1) is 5.69 Å². The Hall–Kier alpha value is -1.56. The molecule has 122 valence electrons. The van der Waals surface area contributed by atoms with Crippen molar-refractivity contribution >= 4 is 34.8 Å². The van der Waals surface area contributed by atoms with Gasteiger partial charge in [0.15, 0.2) is 5.11 Å². The fourth-order valence-electron chi connectivity index (χ4n) is 2.04. The maximum absolute atomic E-state index is 5.39. The normalized spacial score (nSPS) is 10.6. The van der Waals surface area contributed by atoms with Gasteiger partial charge in [-0.05, 0) is 63.5 Å². The van der Waals surface area contributed by atoms with Gasteiger partial charge in [-0.1, -0.05) is 42.1 Å². The summed E-state index contributed by atoms with van der Waals surface area (Å²) in [6.07, 6.45) is 1.06. The van der Waals surface area contributed by atoms with Crippen LogP contribution in [0.2, 0.25) is 0 Å². The van der Waals surface area contributed by atoms with Crippen molar-refractivity contribution in [3.8, 4) is 0 Å². The van der Waals surface area contributed by atoms with Crippen LogP contribution in [0.1, 0.15) is 6.42 Å². The summed E-state index contributed by atoms with van der Waals surface area (Å²) < 4.78 is 0. The number of benzene rings is 2. The van der Waals surface area contributed by atoms with E-state index >= 15 is 0 Å². The second-order valence-corrected chi connectivity index (χ2v) is 6.97. The minimum absolute atomic E-state index is 0.671. The molecule has 0 aliphatic rings.